The van der Waals surface area contributed by atoms with E-state index in [1.807, 2.05) is 18.2 Å². The van der Waals surface area contributed by atoms with Crippen LogP contribution in [0, 0.1) is 0 Å². The zero-order valence-electron chi connectivity index (χ0n) is 13.4. The van der Waals surface area contributed by atoms with Crippen LogP contribution in [0.3, 0.4) is 0 Å². The van der Waals surface area contributed by atoms with E-state index < -0.39 is 0 Å². The van der Waals surface area contributed by atoms with E-state index in [4.69, 9.17) is 4.74 Å². The number of hydrogen-bond donors (Lipinski definition) is 0. The Hall–Kier alpha value is -1.80. The highest BCUT2D eigenvalue weighted by Gasteiger charge is 2.36. The molecule has 1 aliphatic rings. The largest absolute Gasteiger partial charge is 0.487 e. The molecule has 2 nitrogen and oxygen atoms in total. The number of likely N-dealkylation sites (tertiary alicyclic amines) is 1. The second-order valence-corrected chi connectivity index (χ2v) is 6.19. The van der Waals surface area contributed by atoms with Crippen LogP contribution in [0.1, 0.15) is 25.3 Å². The van der Waals surface area contributed by atoms with Crippen LogP contribution in [0.25, 0.3) is 0 Å². The van der Waals surface area contributed by atoms with Gasteiger partial charge < -0.3 is 9.64 Å². The zero-order chi connectivity index (χ0) is 15.3. The van der Waals surface area contributed by atoms with Crippen LogP contribution >= 0.6 is 0 Å². The van der Waals surface area contributed by atoms with Crippen molar-refractivity contribution in [1.29, 1.82) is 0 Å². The molecule has 0 bridgehead atoms. The summed E-state index contributed by atoms with van der Waals surface area (Å²) in [6, 6.07) is 21.0. The number of ether oxygens (including phenoxy) is 1. The van der Waals surface area contributed by atoms with Crippen molar-refractivity contribution in [1.82, 2.24) is 4.90 Å². The first-order chi connectivity index (χ1) is 10.8. The highest BCUT2D eigenvalue weighted by Crippen LogP contribution is 2.32. The van der Waals surface area contributed by atoms with Crippen molar-refractivity contribution in [2.75, 3.05) is 19.6 Å². The van der Waals surface area contributed by atoms with Crippen LogP contribution < -0.4 is 4.74 Å². The molecule has 2 aromatic carbocycles. The van der Waals surface area contributed by atoms with Gasteiger partial charge in [0.15, 0.2) is 0 Å². The monoisotopic (exact) mass is 295 g/mol. The van der Waals surface area contributed by atoms with Gasteiger partial charge in [0, 0.05) is 32.4 Å². The summed E-state index contributed by atoms with van der Waals surface area (Å²) < 4.78 is 6.51. The van der Waals surface area contributed by atoms with Gasteiger partial charge in [0.05, 0.1) is 0 Å². The van der Waals surface area contributed by atoms with Crippen LogP contribution in [0.4, 0.5) is 0 Å². The van der Waals surface area contributed by atoms with Crippen LogP contribution in [-0.2, 0) is 6.42 Å². The predicted molar refractivity (Wildman–Crippen MR) is 91.3 cm³/mol. The fourth-order valence-electron chi connectivity index (χ4n) is 3.30. The lowest BCUT2D eigenvalue weighted by atomic mass is 9.85. The van der Waals surface area contributed by atoms with E-state index >= 15 is 0 Å². The maximum Gasteiger partial charge on any atom is 0.120 e. The van der Waals surface area contributed by atoms with E-state index in [1.54, 1.807) is 0 Å². The lowest BCUT2D eigenvalue weighted by Gasteiger charge is -2.42. The molecule has 1 saturated heterocycles. The van der Waals surface area contributed by atoms with Crippen LogP contribution in [0.5, 0.6) is 5.75 Å². The average Bonchev–Trinajstić information content (AvgIpc) is 2.57. The lowest BCUT2D eigenvalue weighted by Crippen LogP contribution is -2.49. The molecule has 0 aliphatic carbocycles. The molecule has 0 aromatic heterocycles. The lowest BCUT2D eigenvalue weighted by molar-refractivity contribution is 0.00300. The summed E-state index contributed by atoms with van der Waals surface area (Å²) in [5.74, 6) is 0.989. The molecular weight excluding hydrogens is 270 g/mol. The number of rotatable bonds is 5. The van der Waals surface area contributed by atoms with Gasteiger partial charge in [0.2, 0.25) is 0 Å². The van der Waals surface area contributed by atoms with Crippen LogP contribution in [0.2, 0.25) is 0 Å². The normalized spacial score (nSPS) is 18.0. The van der Waals surface area contributed by atoms with Crippen molar-refractivity contribution in [2.45, 2.75) is 31.8 Å². The third kappa shape index (κ3) is 3.69. The number of benzene rings is 2. The molecule has 0 N–H and O–H groups in total. The molecule has 0 amide bonds. The third-order valence-corrected chi connectivity index (χ3v) is 4.66. The third-order valence-electron chi connectivity index (χ3n) is 4.66. The molecule has 3 rings (SSSR count). The summed E-state index contributed by atoms with van der Waals surface area (Å²) >= 11 is 0. The van der Waals surface area contributed by atoms with Crippen molar-refractivity contribution in [3.8, 4) is 5.75 Å². The van der Waals surface area contributed by atoms with E-state index in [1.165, 1.54) is 5.56 Å². The van der Waals surface area contributed by atoms with Gasteiger partial charge in [-0.25, -0.2) is 0 Å². The highest BCUT2D eigenvalue weighted by molar-refractivity contribution is 5.24. The Morgan fingerprint density at radius 1 is 0.909 bits per heavy atom. The molecule has 1 fully saturated rings. The zero-order valence-corrected chi connectivity index (χ0v) is 13.4. The number of piperidine rings is 1. The SMILES string of the molecule is CCN1CCC(Cc2ccccc2)(Oc2ccccc2)CC1. The van der Waals surface area contributed by atoms with E-state index in [0.29, 0.717) is 0 Å². The highest BCUT2D eigenvalue weighted by atomic mass is 16.5. The molecular formula is C20H25NO. The minimum atomic E-state index is -0.0750. The minimum absolute atomic E-state index is 0.0750. The van der Waals surface area contributed by atoms with Gasteiger partial charge in [-0.15, -0.1) is 0 Å². The van der Waals surface area contributed by atoms with E-state index in [-0.39, 0.29) is 5.60 Å². The standard InChI is InChI=1S/C20H25NO/c1-2-21-15-13-20(14-16-21,17-18-9-5-3-6-10-18)22-19-11-7-4-8-12-19/h3-12H,2,13-17H2,1H3. The van der Waals surface area contributed by atoms with Gasteiger partial charge in [-0.3, -0.25) is 0 Å². The topological polar surface area (TPSA) is 12.5 Å². The van der Waals surface area contributed by atoms with Gasteiger partial charge in [-0.2, -0.15) is 0 Å². The Bertz CT molecular complexity index is 515. The van der Waals surface area contributed by atoms with Gasteiger partial charge in [0.1, 0.15) is 11.4 Å². The van der Waals surface area contributed by atoms with Crippen LogP contribution in [-0.4, -0.2) is 30.1 Å². The second kappa shape index (κ2) is 6.97. The molecule has 1 heterocycles. The maximum atomic E-state index is 6.51. The minimum Gasteiger partial charge on any atom is -0.487 e. The first-order valence-electron chi connectivity index (χ1n) is 8.30. The summed E-state index contributed by atoms with van der Waals surface area (Å²) in [5, 5.41) is 0. The predicted octanol–water partition coefficient (Wildman–Crippen LogP) is 4.16. The van der Waals surface area contributed by atoms with Gasteiger partial charge >= 0.3 is 0 Å². The number of para-hydroxylation sites is 1. The summed E-state index contributed by atoms with van der Waals surface area (Å²) in [6.07, 6.45) is 3.16. The number of hydrogen-bond acceptors (Lipinski definition) is 2. The summed E-state index contributed by atoms with van der Waals surface area (Å²) in [6.45, 7) is 5.61. The molecule has 1 aliphatic heterocycles. The van der Waals surface area contributed by atoms with Crippen molar-refractivity contribution >= 4 is 0 Å². The molecule has 0 saturated carbocycles. The molecule has 0 unspecified atom stereocenters. The average molecular weight is 295 g/mol. The van der Waals surface area contributed by atoms with E-state index in [0.717, 1.165) is 44.6 Å². The molecule has 0 spiro atoms. The summed E-state index contributed by atoms with van der Waals surface area (Å²) in [7, 11) is 0. The summed E-state index contributed by atoms with van der Waals surface area (Å²) in [4.78, 5) is 2.51. The van der Waals surface area contributed by atoms with Gasteiger partial charge in [-0.1, -0.05) is 55.5 Å². The van der Waals surface area contributed by atoms with Crippen molar-refractivity contribution in [3.05, 3.63) is 66.2 Å². The van der Waals surface area contributed by atoms with Crippen LogP contribution in [0.15, 0.2) is 60.7 Å². The Morgan fingerprint density at radius 2 is 1.50 bits per heavy atom. The van der Waals surface area contributed by atoms with Crippen molar-refractivity contribution in [3.63, 3.8) is 0 Å². The van der Waals surface area contributed by atoms with Crippen molar-refractivity contribution in [2.24, 2.45) is 0 Å². The Balaban J connectivity index is 1.79. The molecule has 2 aromatic rings. The molecule has 22 heavy (non-hydrogen) atoms. The molecule has 0 radical (unpaired) electrons. The quantitative estimate of drug-likeness (QED) is 0.821. The van der Waals surface area contributed by atoms with Gasteiger partial charge in [-0.05, 0) is 24.2 Å². The van der Waals surface area contributed by atoms with Gasteiger partial charge in [0.25, 0.3) is 0 Å². The first kappa shape index (κ1) is 15.1. The Labute approximate surface area is 133 Å². The Kier molecular flexibility index (Phi) is 4.79. The summed E-state index contributed by atoms with van der Waals surface area (Å²) in [5.41, 5.74) is 1.29. The smallest absolute Gasteiger partial charge is 0.120 e. The fraction of sp³-hybridized carbons (Fsp3) is 0.400. The molecule has 116 valence electrons. The number of nitrogens with zero attached hydrogens (tertiary/aromatic N) is 1. The van der Waals surface area contributed by atoms with E-state index in [2.05, 4.69) is 54.3 Å². The van der Waals surface area contributed by atoms with E-state index in [9.17, 15) is 0 Å². The Morgan fingerprint density at radius 3 is 2.09 bits per heavy atom. The van der Waals surface area contributed by atoms with Crippen molar-refractivity contribution < 1.29 is 4.74 Å². The molecule has 2 heteroatoms. The molecule has 0 atom stereocenters. The fourth-order valence-corrected chi connectivity index (χ4v) is 3.30. The maximum absolute atomic E-state index is 6.51. The first-order valence-corrected chi connectivity index (χ1v) is 8.30. The second-order valence-electron chi connectivity index (χ2n) is 6.19.